The van der Waals surface area contributed by atoms with E-state index in [0.29, 0.717) is 31.0 Å². The third-order valence-electron chi connectivity index (χ3n) is 4.75. The van der Waals surface area contributed by atoms with Crippen LogP contribution in [0.1, 0.15) is 49.0 Å². The van der Waals surface area contributed by atoms with Gasteiger partial charge in [-0.05, 0) is 36.5 Å². The number of rotatable bonds is 7. The zero-order valence-electron chi connectivity index (χ0n) is 15.4. The number of hydrogen-bond acceptors (Lipinski definition) is 3. The number of hydrogen-bond donors (Lipinski definition) is 1. The van der Waals surface area contributed by atoms with Crippen molar-refractivity contribution < 1.29 is 9.59 Å². The molecule has 2 rings (SSSR count). The molecule has 1 aliphatic heterocycles. The molecule has 1 aliphatic rings. The van der Waals surface area contributed by atoms with Crippen LogP contribution < -0.4 is 5.73 Å². The van der Waals surface area contributed by atoms with E-state index in [1.165, 1.54) is 0 Å². The van der Waals surface area contributed by atoms with Gasteiger partial charge in [0.2, 0.25) is 5.91 Å². The predicted octanol–water partition coefficient (Wildman–Crippen LogP) is 2.68. The van der Waals surface area contributed by atoms with Crippen LogP contribution in [0.25, 0.3) is 0 Å². The van der Waals surface area contributed by atoms with Crippen molar-refractivity contribution in [2.45, 2.75) is 45.7 Å². The molecule has 1 saturated heterocycles. The van der Waals surface area contributed by atoms with Crippen molar-refractivity contribution in [1.29, 1.82) is 0 Å². The van der Waals surface area contributed by atoms with Gasteiger partial charge in [-0.3, -0.25) is 9.59 Å². The molecular formula is C19H30ClN3O2. The molecule has 140 valence electrons. The van der Waals surface area contributed by atoms with Gasteiger partial charge in [0.1, 0.15) is 0 Å². The lowest BCUT2D eigenvalue weighted by molar-refractivity contribution is -0.128. The number of carbonyl (C=O) groups is 2. The monoisotopic (exact) mass is 367 g/mol. The van der Waals surface area contributed by atoms with E-state index in [1.807, 2.05) is 36.2 Å². The summed E-state index contributed by atoms with van der Waals surface area (Å²) in [5, 5.41) is 0. The minimum atomic E-state index is 0. The molecule has 1 atom stereocenters. The number of likely N-dealkylation sites (tertiary alicyclic amines) is 1. The van der Waals surface area contributed by atoms with Crippen molar-refractivity contribution >= 4 is 24.2 Å². The molecule has 0 aromatic heterocycles. The van der Waals surface area contributed by atoms with Gasteiger partial charge in [0.05, 0.1) is 0 Å². The number of amides is 2. The molecule has 6 heteroatoms. The molecule has 5 nitrogen and oxygen atoms in total. The van der Waals surface area contributed by atoms with Crippen LogP contribution in [0.4, 0.5) is 0 Å². The quantitative estimate of drug-likeness (QED) is 0.805. The van der Waals surface area contributed by atoms with Crippen molar-refractivity contribution in [3.63, 3.8) is 0 Å². The smallest absolute Gasteiger partial charge is 0.253 e. The molecule has 1 aromatic carbocycles. The van der Waals surface area contributed by atoms with Gasteiger partial charge in [-0.25, -0.2) is 0 Å². The van der Waals surface area contributed by atoms with E-state index < -0.39 is 0 Å². The summed E-state index contributed by atoms with van der Waals surface area (Å²) >= 11 is 0. The van der Waals surface area contributed by atoms with Gasteiger partial charge in [0.25, 0.3) is 5.91 Å². The van der Waals surface area contributed by atoms with Crippen LogP contribution in [-0.2, 0) is 11.3 Å². The highest BCUT2D eigenvalue weighted by Gasteiger charge is 2.20. The molecule has 2 amide bonds. The SMILES string of the molecule is CC(C)C(N)CCN(C)C(=O)c1ccc(CN2CCCC2=O)cc1.Cl. The van der Waals surface area contributed by atoms with Crippen LogP contribution in [-0.4, -0.2) is 47.8 Å². The first-order chi connectivity index (χ1) is 11.4. The molecule has 1 fully saturated rings. The van der Waals surface area contributed by atoms with Crippen LogP contribution in [0.3, 0.4) is 0 Å². The Morgan fingerprint density at radius 3 is 2.44 bits per heavy atom. The summed E-state index contributed by atoms with van der Waals surface area (Å²) in [4.78, 5) is 27.7. The Bertz CT molecular complexity index is 575. The summed E-state index contributed by atoms with van der Waals surface area (Å²) in [5.74, 6) is 0.646. The second-order valence-electron chi connectivity index (χ2n) is 7.04. The van der Waals surface area contributed by atoms with Gasteiger partial charge in [-0.1, -0.05) is 26.0 Å². The first kappa shape index (κ1) is 21.5. The maximum absolute atomic E-state index is 12.5. The number of nitrogens with two attached hydrogens (primary N) is 1. The third-order valence-corrected chi connectivity index (χ3v) is 4.75. The number of benzene rings is 1. The van der Waals surface area contributed by atoms with E-state index in [1.54, 1.807) is 4.90 Å². The van der Waals surface area contributed by atoms with Gasteiger partial charge in [0, 0.05) is 44.7 Å². The Morgan fingerprint density at radius 1 is 1.28 bits per heavy atom. The Hall–Kier alpha value is -1.59. The summed E-state index contributed by atoms with van der Waals surface area (Å²) < 4.78 is 0. The molecule has 0 spiro atoms. The molecular weight excluding hydrogens is 338 g/mol. The maximum Gasteiger partial charge on any atom is 0.253 e. The molecule has 1 heterocycles. The average molecular weight is 368 g/mol. The Labute approximate surface area is 157 Å². The molecule has 2 N–H and O–H groups in total. The van der Waals surface area contributed by atoms with Crippen molar-refractivity contribution in [2.75, 3.05) is 20.1 Å². The number of nitrogens with zero attached hydrogens (tertiary/aromatic N) is 2. The van der Waals surface area contributed by atoms with Crippen LogP contribution in [0, 0.1) is 5.92 Å². The van der Waals surface area contributed by atoms with E-state index >= 15 is 0 Å². The molecule has 1 aromatic rings. The summed E-state index contributed by atoms with van der Waals surface area (Å²) in [7, 11) is 1.81. The van der Waals surface area contributed by atoms with Crippen molar-refractivity contribution in [2.24, 2.45) is 11.7 Å². The van der Waals surface area contributed by atoms with Crippen molar-refractivity contribution in [1.82, 2.24) is 9.80 Å². The molecule has 1 unspecified atom stereocenters. The minimum absolute atomic E-state index is 0. The van der Waals surface area contributed by atoms with E-state index in [-0.39, 0.29) is 30.3 Å². The molecule has 0 aliphatic carbocycles. The predicted molar refractivity (Wildman–Crippen MR) is 103 cm³/mol. The van der Waals surface area contributed by atoms with E-state index in [0.717, 1.165) is 24.9 Å². The number of halogens is 1. The first-order valence-electron chi connectivity index (χ1n) is 8.76. The standard InChI is InChI=1S/C19H29N3O2.ClH/c1-14(2)17(20)10-12-21(3)19(24)16-8-6-15(7-9-16)13-22-11-4-5-18(22)23;/h6-9,14,17H,4-5,10-13,20H2,1-3H3;1H. The van der Waals surface area contributed by atoms with Crippen LogP contribution in [0.5, 0.6) is 0 Å². The summed E-state index contributed by atoms with van der Waals surface area (Å²) in [6.45, 7) is 6.31. The second-order valence-corrected chi connectivity index (χ2v) is 7.04. The first-order valence-corrected chi connectivity index (χ1v) is 8.76. The highest BCUT2D eigenvalue weighted by atomic mass is 35.5. The van der Waals surface area contributed by atoms with E-state index in [9.17, 15) is 9.59 Å². The zero-order chi connectivity index (χ0) is 17.7. The normalized spacial score (nSPS) is 15.2. The fourth-order valence-electron chi connectivity index (χ4n) is 2.84. The largest absolute Gasteiger partial charge is 0.342 e. The highest BCUT2D eigenvalue weighted by molar-refractivity contribution is 5.94. The topological polar surface area (TPSA) is 66.6 Å². The molecule has 25 heavy (non-hydrogen) atoms. The highest BCUT2D eigenvalue weighted by Crippen LogP contribution is 2.15. The fourth-order valence-corrected chi connectivity index (χ4v) is 2.84. The van der Waals surface area contributed by atoms with Crippen molar-refractivity contribution in [3.8, 4) is 0 Å². The fraction of sp³-hybridized carbons (Fsp3) is 0.579. The average Bonchev–Trinajstić information content (AvgIpc) is 2.97. The van der Waals surface area contributed by atoms with Gasteiger partial charge in [0.15, 0.2) is 0 Å². The lowest BCUT2D eigenvalue weighted by Crippen LogP contribution is -2.34. The Balaban J connectivity index is 0.00000312. The van der Waals surface area contributed by atoms with Gasteiger partial charge in [-0.2, -0.15) is 0 Å². The van der Waals surface area contributed by atoms with Crippen LogP contribution in [0.2, 0.25) is 0 Å². The van der Waals surface area contributed by atoms with Gasteiger partial charge in [-0.15, -0.1) is 12.4 Å². The Morgan fingerprint density at radius 2 is 1.92 bits per heavy atom. The lowest BCUT2D eigenvalue weighted by Gasteiger charge is -2.22. The third kappa shape index (κ3) is 6.01. The number of carbonyl (C=O) groups excluding carboxylic acids is 2. The molecule has 0 radical (unpaired) electrons. The van der Waals surface area contributed by atoms with Crippen molar-refractivity contribution in [3.05, 3.63) is 35.4 Å². The van der Waals surface area contributed by atoms with Gasteiger partial charge < -0.3 is 15.5 Å². The summed E-state index contributed by atoms with van der Waals surface area (Å²) in [5.41, 5.74) is 7.78. The van der Waals surface area contributed by atoms with E-state index in [4.69, 9.17) is 5.73 Å². The van der Waals surface area contributed by atoms with Gasteiger partial charge >= 0.3 is 0 Å². The van der Waals surface area contributed by atoms with Crippen LogP contribution in [0.15, 0.2) is 24.3 Å². The molecule has 0 saturated carbocycles. The Kier molecular flexibility index (Phi) is 8.39. The maximum atomic E-state index is 12.5. The van der Waals surface area contributed by atoms with Crippen LogP contribution >= 0.6 is 12.4 Å². The summed E-state index contributed by atoms with van der Waals surface area (Å²) in [6, 6.07) is 7.67. The van der Waals surface area contributed by atoms with E-state index in [2.05, 4.69) is 13.8 Å². The zero-order valence-corrected chi connectivity index (χ0v) is 16.2. The second kappa shape index (κ2) is 9.78. The lowest BCUT2D eigenvalue weighted by atomic mass is 10.0. The minimum Gasteiger partial charge on any atom is -0.342 e. The molecule has 0 bridgehead atoms. The summed E-state index contributed by atoms with van der Waals surface area (Å²) in [6.07, 6.45) is 2.40.